The minimum absolute atomic E-state index is 0.117. The van der Waals surface area contributed by atoms with Gasteiger partial charge in [0, 0.05) is 62.4 Å². The number of pyridine rings is 1. The molecule has 4 aromatic rings. The molecule has 0 saturated carbocycles. The van der Waals surface area contributed by atoms with Gasteiger partial charge in [0.05, 0.1) is 34.7 Å². The van der Waals surface area contributed by atoms with Crippen molar-refractivity contribution in [2.45, 2.75) is 32.9 Å². The molecule has 1 fully saturated rings. The fourth-order valence-corrected chi connectivity index (χ4v) is 4.67. The fourth-order valence-electron chi connectivity index (χ4n) is 4.67. The van der Waals surface area contributed by atoms with Crippen LogP contribution >= 0.6 is 0 Å². The van der Waals surface area contributed by atoms with Crippen molar-refractivity contribution in [3.05, 3.63) is 71.7 Å². The van der Waals surface area contributed by atoms with E-state index in [0.717, 1.165) is 78.0 Å². The second-order valence-corrected chi connectivity index (χ2v) is 10.9. The average molecular weight is 522 g/mol. The normalized spacial score (nSPS) is 16.3. The molecule has 0 atom stereocenters. The van der Waals surface area contributed by atoms with Crippen LogP contribution in [0.15, 0.2) is 60.2 Å². The number of rotatable bonds is 8. The Labute approximate surface area is 227 Å². The van der Waals surface area contributed by atoms with Gasteiger partial charge < -0.3 is 9.72 Å². The molecule has 0 amide bonds. The number of benzene rings is 1. The highest BCUT2D eigenvalue weighted by Gasteiger charge is 2.23. The average Bonchev–Trinajstić information content (AvgIpc) is 3.62. The third-order valence-electron chi connectivity index (χ3n) is 6.90. The highest BCUT2D eigenvalue weighted by molar-refractivity contribution is 6.07. The smallest absolute Gasteiger partial charge is 0.161 e. The molecule has 6 rings (SSSR count). The van der Waals surface area contributed by atoms with E-state index in [9.17, 15) is 4.79 Å². The molecule has 9 nitrogen and oxygen atoms in total. The lowest BCUT2D eigenvalue weighted by atomic mass is 10.0. The Balaban J connectivity index is 1.19. The molecule has 0 unspecified atom stereocenters. The van der Waals surface area contributed by atoms with E-state index in [1.807, 2.05) is 12.3 Å². The number of nitrogens with one attached hydrogen (secondary N) is 1. The second kappa shape index (κ2) is 10.3. The van der Waals surface area contributed by atoms with Crippen LogP contribution in [-0.4, -0.2) is 79.5 Å². The first kappa shape index (κ1) is 25.3. The Morgan fingerprint density at radius 3 is 2.46 bits per heavy atom. The van der Waals surface area contributed by atoms with Gasteiger partial charge in [0.2, 0.25) is 0 Å². The first-order valence-corrected chi connectivity index (χ1v) is 13.2. The van der Waals surface area contributed by atoms with E-state index < -0.39 is 0 Å². The summed E-state index contributed by atoms with van der Waals surface area (Å²) in [7, 11) is 0. The van der Waals surface area contributed by atoms with Crippen molar-refractivity contribution in [3.63, 3.8) is 0 Å². The van der Waals surface area contributed by atoms with Crippen molar-refractivity contribution in [3.8, 4) is 22.5 Å². The Morgan fingerprint density at radius 2 is 1.79 bits per heavy atom. The summed E-state index contributed by atoms with van der Waals surface area (Å²) < 4.78 is 5.93. The number of H-pyrrole nitrogens is 1. The zero-order valence-electron chi connectivity index (χ0n) is 22.4. The third kappa shape index (κ3) is 5.72. The Morgan fingerprint density at radius 1 is 1.03 bits per heavy atom. The largest absolute Gasteiger partial charge is 0.360 e. The van der Waals surface area contributed by atoms with Crippen molar-refractivity contribution >= 4 is 22.9 Å². The Hall–Kier alpha value is -4.01. The number of imidazole rings is 1. The molecule has 39 heavy (non-hydrogen) atoms. The Bertz CT molecular complexity index is 1570. The number of carbonyl (C=O) groups is 1. The van der Waals surface area contributed by atoms with Crippen LogP contribution in [0.25, 0.3) is 39.1 Å². The first-order valence-electron chi connectivity index (χ1n) is 13.2. The Kier molecular flexibility index (Phi) is 6.66. The number of aromatic amines is 1. The summed E-state index contributed by atoms with van der Waals surface area (Å²) in [6.45, 7) is 11.7. The van der Waals surface area contributed by atoms with Gasteiger partial charge in [-0.15, -0.1) is 0 Å². The molecule has 4 heterocycles. The van der Waals surface area contributed by atoms with Crippen LogP contribution in [0.4, 0.5) is 0 Å². The summed E-state index contributed by atoms with van der Waals surface area (Å²) in [6, 6.07) is 10.1. The molecule has 1 saturated heterocycles. The highest BCUT2D eigenvalue weighted by atomic mass is 16.5. The van der Waals surface area contributed by atoms with Crippen molar-refractivity contribution in [2.24, 2.45) is 0 Å². The number of piperazine rings is 1. The molecule has 1 N–H and O–H groups in total. The van der Waals surface area contributed by atoms with Gasteiger partial charge in [-0.05, 0) is 50.6 Å². The zero-order valence-corrected chi connectivity index (χ0v) is 22.4. The van der Waals surface area contributed by atoms with Crippen LogP contribution < -0.4 is 0 Å². The topological polar surface area (TPSA) is 100 Å². The standard InChI is InChI=1S/C30H31N7O2/c1-30(2,3)39-19-37-11-9-36(10-12-37)17-23-6-5-20(16-33-23)21-13-25(28-31-7-4-8-32-28)27-26(15-21)34-29(35-27)24-14-22(24)18-38/h4-8,13,15-16,18H,9-12,17,19H2,1-3H3,(H,34,35). The van der Waals surface area contributed by atoms with Crippen molar-refractivity contribution in [2.75, 3.05) is 32.9 Å². The molecule has 0 bridgehead atoms. The summed E-state index contributed by atoms with van der Waals surface area (Å²) in [5.41, 5.74) is 9.56. The lowest BCUT2D eigenvalue weighted by molar-refractivity contribution is -0.104. The van der Waals surface area contributed by atoms with Crippen molar-refractivity contribution < 1.29 is 9.53 Å². The monoisotopic (exact) mass is 521 g/mol. The van der Waals surface area contributed by atoms with Gasteiger partial charge in [0.1, 0.15) is 11.3 Å². The van der Waals surface area contributed by atoms with Gasteiger partial charge in [-0.25, -0.2) is 15.0 Å². The van der Waals surface area contributed by atoms with Crippen LogP contribution in [0.1, 0.15) is 32.3 Å². The molecule has 9 heteroatoms. The number of aromatic nitrogens is 5. The molecular formula is C30H31N7O2. The van der Waals surface area contributed by atoms with E-state index in [1.165, 1.54) is 0 Å². The second-order valence-electron chi connectivity index (χ2n) is 10.9. The SMILES string of the molecule is CC(C)(C)OCN1CCN(Cc2ccc(-c3cc(-c4ncccn4)c4nc(C5=C=C5C=O)[nH]c4c3)cn2)CC1. The van der Waals surface area contributed by atoms with E-state index >= 15 is 0 Å². The maximum atomic E-state index is 11.1. The molecule has 1 aliphatic carbocycles. The van der Waals surface area contributed by atoms with Gasteiger partial charge >= 0.3 is 0 Å². The van der Waals surface area contributed by atoms with Crippen LogP contribution in [0.5, 0.6) is 0 Å². The minimum atomic E-state index is -0.117. The number of carbonyl (C=O) groups excluding carboxylic acids is 1. The van der Waals surface area contributed by atoms with Crippen LogP contribution in [-0.2, 0) is 16.1 Å². The van der Waals surface area contributed by atoms with Crippen LogP contribution in [0.3, 0.4) is 0 Å². The van der Waals surface area contributed by atoms with Gasteiger partial charge in [0.25, 0.3) is 0 Å². The van der Waals surface area contributed by atoms with E-state index in [4.69, 9.17) is 14.7 Å². The predicted octanol–water partition coefficient (Wildman–Crippen LogP) is 4.09. The number of aldehydes is 1. The maximum Gasteiger partial charge on any atom is 0.161 e. The minimum Gasteiger partial charge on any atom is -0.360 e. The number of fused-ring (bicyclic) bond motifs is 1. The molecule has 0 spiro atoms. The lowest BCUT2D eigenvalue weighted by Gasteiger charge is -2.35. The van der Waals surface area contributed by atoms with E-state index in [2.05, 4.69) is 69.5 Å². The van der Waals surface area contributed by atoms with Gasteiger partial charge in [-0.2, -0.15) is 0 Å². The van der Waals surface area contributed by atoms with Crippen LogP contribution in [0, 0.1) is 0 Å². The molecule has 0 radical (unpaired) electrons. The third-order valence-corrected chi connectivity index (χ3v) is 6.90. The van der Waals surface area contributed by atoms with E-state index in [1.54, 1.807) is 18.5 Å². The van der Waals surface area contributed by atoms with Gasteiger partial charge in [-0.1, -0.05) is 11.8 Å². The van der Waals surface area contributed by atoms with E-state index in [0.29, 0.717) is 24.0 Å². The quantitative estimate of drug-likeness (QED) is 0.273. The molecule has 198 valence electrons. The molecule has 2 aliphatic rings. The summed E-state index contributed by atoms with van der Waals surface area (Å²) >= 11 is 0. The summed E-state index contributed by atoms with van der Waals surface area (Å²) in [6.07, 6.45) is 6.16. The number of hydrogen-bond donors (Lipinski definition) is 1. The maximum absolute atomic E-state index is 11.1. The van der Waals surface area contributed by atoms with Gasteiger partial charge in [0.15, 0.2) is 12.1 Å². The number of ether oxygens (including phenoxy) is 1. The number of allylic oxidation sites excluding steroid dienone is 1. The molecule has 1 aromatic carbocycles. The van der Waals surface area contributed by atoms with Gasteiger partial charge in [-0.3, -0.25) is 19.6 Å². The summed E-state index contributed by atoms with van der Waals surface area (Å²) in [5.74, 6) is 1.22. The van der Waals surface area contributed by atoms with Crippen molar-refractivity contribution in [1.29, 1.82) is 0 Å². The van der Waals surface area contributed by atoms with E-state index in [-0.39, 0.29) is 5.60 Å². The molecular weight excluding hydrogens is 490 g/mol. The molecule has 3 aromatic heterocycles. The number of hydrogen-bond acceptors (Lipinski definition) is 8. The zero-order chi connectivity index (χ0) is 27.0. The fraction of sp³-hybridized carbons (Fsp3) is 0.333. The van der Waals surface area contributed by atoms with Crippen molar-refractivity contribution in [1.82, 2.24) is 34.7 Å². The highest BCUT2D eigenvalue weighted by Crippen LogP contribution is 2.35. The summed E-state index contributed by atoms with van der Waals surface area (Å²) in [4.78, 5) is 37.7. The molecule has 1 aliphatic heterocycles. The predicted molar refractivity (Wildman–Crippen MR) is 149 cm³/mol. The lowest BCUT2D eigenvalue weighted by Crippen LogP contribution is -2.47. The first-order chi connectivity index (χ1) is 18.9. The number of nitrogens with zero attached hydrogens (tertiary/aromatic N) is 6. The van der Waals surface area contributed by atoms with Crippen LogP contribution in [0.2, 0.25) is 0 Å². The summed E-state index contributed by atoms with van der Waals surface area (Å²) in [5, 5.41) is 0.